The first-order valence-electron chi connectivity index (χ1n) is 8.85. The van der Waals surface area contributed by atoms with Gasteiger partial charge in [-0.2, -0.15) is 0 Å². The van der Waals surface area contributed by atoms with Gasteiger partial charge < -0.3 is 0 Å². The van der Waals surface area contributed by atoms with Crippen LogP contribution in [0.25, 0.3) is 0 Å². The Kier molecular flexibility index (Phi) is 7.07. The predicted molar refractivity (Wildman–Crippen MR) is 92.7 cm³/mol. The second kappa shape index (κ2) is 8.01. The topological polar surface area (TPSA) is 52.6 Å². The molecule has 0 amide bonds. The van der Waals surface area contributed by atoms with Crippen LogP contribution in [0.3, 0.4) is 0 Å². The van der Waals surface area contributed by atoms with Crippen LogP contribution in [0.5, 0.6) is 0 Å². The van der Waals surface area contributed by atoms with Crippen molar-refractivity contribution < 1.29 is 33.6 Å². The molecule has 1 rings (SSSR count). The molecule has 0 heterocycles. The van der Waals surface area contributed by atoms with E-state index in [2.05, 4.69) is 27.7 Å². The fourth-order valence-corrected chi connectivity index (χ4v) is 9.05. The first kappa shape index (κ1) is 21.2. The minimum absolute atomic E-state index is 0.248. The van der Waals surface area contributed by atoms with E-state index in [-0.39, 0.29) is 17.4 Å². The van der Waals surface area contributed by atoms with Crippen LogP contribution in [-0.2, 0) is 33.6 Å². The van der Waals surface area contributed by atoms with E-state index in [1.807, 2.05) is 26.0 Å². The van der Waals surface area contributed by atoms with Crippen LogP contribution >= 0.6 is 0 Å². The molecule has 0 atom stereocenters. The molecular formula is C19H32O4Ti. The molecule has 1 aliphatic rings. The Balaban J connectivity index is 3.33. The van der Waals surface area contributed by atoms with Crippen molar-refractivity contribution >= 4 is 11.9 Å². The van der Waals surface area contributed by atoms with Gasteiger partial charge in [-0.25, -0.2) is 0 Å². The summed E-state index contributed by atoms with van der Waals surface area (Å²) in [5, 5.41) is 1.88. The molecule has 24 heavy (non-hydrogen) atoms. The van der Waals surface area contributed by atoms with Crippen molar-refractivity contribution in [1.29, 1.82) is 0 Å². The van der Waals surface area contributed by atoms with E-state index in [4.69, 9.17) is 6.64 Å². The predicted octanol–water partition coefficient (Wildman–Crippen LogP) is 5.36. The number of hydrogen-bond donors (Lipinski definition) is 0. The molecule has 0 radical (unpaired) electrons. The van der Waals surface area contributed by atoms with Crippen LogP contribution in [0.2, 0.25) is 5.23 Å². The van der Waals surface area contributed by atoms with Crippen molar-refractivity contribution in [2.24, 2.45) is 5.41 Å². The van der Waals surface area contributed by atoms with E-state index >= 15 is 0 Å². The second-order valence-electron chi connectivity index (χ2n) is 7.27. The Morgan fingerprint density at radius 1 is 0.917 bits per heavy atom. The Morgan fingerprint density at radius 3 is 1.62 bits per heavy atom. The van der Waals surface area contributed by atoms with E-state index in [9.17, 15) is 9.59 Å². The van der Waals surface area contributed by atoms with Crippen molar-refractivity contribution in [2.45, 2.75) is 79.4 Å². The Morgan fingerprint density at radius 2 is 1.33 bits per heavy atom. The molecule has 136 valence electrons. The standard InChI is InChI=1S/C10H15.2C4H8O2.CH3.Ti/c1-7-6-10(4,5)9(3)8(7)2;2*1-2-3-4(5)6;;/h1-5H3;2*2-3H2,1H3,(H,5,6);1H3;/q;;;;+2/p-2. The van der Waals surface area contributed by atoms with E-state index in [1.54, 1.807) is 0 Å². The van der Waals surface area contributed by atoms with Gasteiger partial charge in [0.15, 0.2) is 0 Å². The fourth-order valence-electron chi connectivity index (χ4n) is 3.57. The monoisotopic (exact) mass is 372 g/mol. The van der Waals surface area contributed by atoms with Gasteiger partial charge in [-0.15, -0.1) is 0 Å². The van der Waals surface area contributed by atoms with Crippen LogP contribution in [0.4, 0.5) is 0 Å². The molecule has 0 aromatic carbocycles. The summed E-state index contributed by atoms with van der Waals surface area (Å²) in [4.78, 5) is 24.5. The summed E-state index contributed by atoms with van der Waals surface area (Å²) in [6, 6.07) is 0. The first-order valence-corrected chi connectivity index (χ1v) is 12.5. The number of carbonyl (C=O) groups excluding carboxylic acids is 2. The SMILES string of the molecule is CCCC(=O)[O][Ti]([CH3])([O]C(=O)CCC)[C]1=C(C)C(C)=C(C)C1(C)C. The molecule has 1 aliphatic carbocycles. The molecular weight excluding hydrogens is 340 g/mol. The zero-order valence-electron chi connectivity index (χ0n) is 16.5. The average molecular weight is 372 g/mol. The summed E-state index contributed by atoms with van der Waals surface area (Å²) in [5.74, 6) is -0.523. The van der Waals surface area contributed by atoms with Crippen LogP contribution in [-0.4, -0.2) is 11.9 Å². The maximum absolute atomic E-state index is 12.2. The van der Waals surface area contributed by atoms with Crippen molar-refractivity contribution in [3.63, 3.8) is 0 Å². The van der Waals surface area contributed by atoms with Gasteiger partial charge in [0.05, 0.1) is 0 Å². The summed E-state index contributed by atoms with van der Waals surface area (Å²) >= 11 is -3.79. The van der Waals surface area contributed by atoms with Gasteiger partial charge in [0, 0.05) is 0 Å². The number of carbonyl (C=O) groups is 2. The molecule has 0 aromatic heterocycles. The van der Waals surface area contributed by atoms with Crippen molar-refractivity contribution in [1.82, 2.24) is 0 Å². The molecule has 4 nitrogen and oxygen atoms in total. The van der Waals surface area contributed by atoms with E-state index < -0.39 is 17.4 Å². The number of hydrogen-bond acceptors (Lipinski definition) is 4. The van der Waals surface area contributed by atoms with Crippen molar-refractivity contribution in [3.05, 3.63) is 20.6 Å². The van der Waals surface area contributed by atoms with Gasteiger partial charge >= 0.3 is 151 Å². The molecule has 0 unspecified atom stereocenters. The molecule has 0 saturated carbocycles. The quantitative estimate of drug-likeness (QED) is 0.565. The summed E-state index contributed by atoms with van der Waals surface area (Å²) in [6.45, 7) is 14.4. The molecule has 5 heteroatoms. The normalized spacial score (nSPS) is 17.3. The van der Waals surface area contributed by atoms with E-state index in [0.29, 0.717) is 12.8 Å². The first-order chi connectivity index (χ1) is 11.0. The van der Waals surface area contributed by atoms with Gasteiger partial charge in [-0.05, 0) is 0 Å². The van der Waals surface area contributed by atoms with Crippen LogP contribution < -0.4 is 0 Å². The molecule has 0 aromatic rings. The summed E-state index contributed by atoms with van der Waals surface area (Å²) in [6.07, 6.45) is 2.14. The Bertz CT molecular complexity index is 564. The van der Waals surface area contributed by atoms with Gasteiger partial charge in [0.2, 0.25) is 0 Å². The molecule has 0 saturated heterocycles. The van der Waals surface area contributed by atoms with Gasteiger partial charge in [-0.3, -0.25) is 0 Å². The van der Waals surface area contributed by atoms with Crippen LogP contribution in [0.1, 0.15) is 74.1 Å². The van der Waals surface area contributed by atoms with Crippen molar-refractivity contribution in [2.75, 3.05) is 0 Å². The number of rotatable bonds is 7. The average Bonchev–Trinajstić information content (AvgIpc) is 2.59. The van der Waals surface area contributed by atoms with Gasteiger partial charge in [-0.1, -0.05) is 0 Å². The van der Waals surface area contributed by atoms with Gasteiger partial charge in [0.25, 0.3) is 0 Å². The number of allylic oxidation sites excluding steroid dienone is 4. The second-order valence-corrected chi connectivity index (χ2v) is 11.6. The van der Waals surface area contributed by atoms with Crippen LogP contribution in [0.15, 0.2) is 20.6 Å². The molecule has 0 N–H and O–H groups in total. The summed E-state index contributed by atoms with van der Waals surface area (Å²) in [7, 11) is 0. The molecule has 0 spiro atoms. The van der Waals surface area contributed by atoms with Crippen molar-refractivity contribution in [3.8, 4) is 0 Å². The summed E-state index contributed by atoms with van der Waals surface area (Å²) < 4.78 is 12.9. The summed E-state index contributed by atoms with van der Waals surface area (Å²) in [5.41, 5.74) is 3.34. The molecule has 0 aliphatic heterocycles. The fraction of sp³-hybridized carbons (Fsp3) is 0.684. The zero-order valence-corrected chi connectivity index (χ0v) is 18.0. The third-order valence-electron chi connectivity index (χ3n) is 5.04. The minimum atomic E-state index is -3.79. The molecule has 0 bridgehead atoms. The molecule has 0 fully saturated rings. The van der Waals surface area contributed by atoms with Gasteiger partial charge in [0.1, 0.15) is 0 Å². The third-order valence-corrected chi connectivity index (χ3v) is 9.95. The third kappa shape index (κ3) is 4.21. The van der Waals surface area contributed by atoms with Crippen LogP contribution in [0, 0.1) is 5.41 Å². The maximum atomic E-state index is 12.2. The van der Waals surface area contributed by atoms with E-state index in [1.165, 1.54) is 11.1 Å². The Labute approximate surface area is 151 Å². The zero-order chi connectivity index (χ0) is 18.7. The Hall–Kier alpha value is -0.866. The van der Waals surface area contributed by atoms with E-state index in [0.717, 1.165) is 22.3 Å².